The van der Waals surface area contributed by atoms with Gasteiger partial charge in [0.05, 0.1) is 6.04 Å². The van der Waals surface area contributed by atoms with Crippen molar-refractivity contribution in [2.45, 2.75) is 126 Å². The average molecular weight is 547 g/mol. The summed E-state index contributed by atoms with van der Waals surface area (Å²) in [6.07, 6.45) is 22.0. The predicted molar refractivity (Wildman–Crippen MR) is 170 cm³/mol. The molecule has 3 unspecified atom stereocenters. The van der Waals surface area contributed by atoms with Crippen LogP contribution in [0.5, 0.6) is 0 Å². The summed E-state index contributed by atoms with van der Waals surface area (Å²) in [6.45, 7) is 19.4. The van der Waals surface area contributed by atoms with Crippen molar-refractivity contribution in [2.24, 2.45) is 16.6 Å². The summed E-state index contributed by atoms with van der Waals surface area (Å²) in [5.74, 6) is 1.40. The van der Waals surface area contributed by atoms with E-state index in [0.29, 0.717) is 5.75 Å². The molecule has 0 heterocycles. The van der Waals surface area contributed by atoms with Gasteiger partial charge in [0, 0.05) is 11.5 Å². The number of nitrogens with two attached hydrogens (primary N) is 1. The molecule has 0 fully saturated rings. The van der Waals surface area contributed by atoms with Crippen molar-refractivity contribution in [2.75, 3.05) is 11.5 Å². The molecular formula is C33H58N2O2S. The summed E-state index contributed by atoms with van der Waals surface area (Å²) in [7, 11) is 0. The van der Waals surface area contributed by atoms with E-state index < -0.39 is 12.1 Å². The van der Waals surface area contributed by atoms with Gasteiger partial charge in [-0.3, -0.25) is 4.79 Å². The van der Waals surface area contributed by atoms with Gasteiger partial charge in [-0.2, -0.15) is 11.8 Å². The van der Waals surface area contributed by atoms with Crippen LogP contribution >= 0.6 is 11.8 Å². The van der Waals surface area contributed by atoms with E-state index in [-0.39, 0.29) is 16.6 Å². The molecule has 5 heteroatoms. The summed E-state index contributed by atoms with van der Waals surface area (Å²) in [6, 6.07) is -1.17. The summed E-state index contributed by atoms with van der Waals surface area (Å²) in [5.41, 5.74) is 9.81. The van der Waals surface area contributed by atoms with Crippen LogP contribution in [-0.4, -0.2) is 29.4 Å². The van der Waals surface area contributed by atoms with E-state index in [2.05, 4.69) is 91.1 Å². The number of carbonyl (C=O) groups is 2. The van der Waals surface area contributed by atoms with Crippen molar-refractivity contribution in [1.29, 1.82) is 0 Å². The third kappa shape index (κ3) is 16.3. The Labute approximate surface area is 239 Å². The number of amides is 2. The topological polar surface area (TPSA) is 72.2 Å². The fraction of sp³-hybridized carbons (Fsp3) is 0.697. The lowest BCUT2D eigenvalue weighted by atomic mass is 9.74. The standard InChI is InChI=1S/C33H58N2O2S/c1-10-13-19-32(9,25-38-24-30(29(8)36)35-31(34)37)22-28(7)18-21-33(12-3,20-14-11-2)23-27(6)17-15-16-26(4)5/h11,14,16,22-23,30H,10,12-13,15,17-21,24-25H2,1-9H3,(H3,34,35,37). The Bertz CT molecular complexity index is 838. The number of hydrogen-bond acceptors (Lipinski definition) is 3. The van der Waals surface area contributed by atoms with Crippen LogP contribution in [0.4, 0.5) is 4.79 Å². The molecule has 218 valence electrons. The molecule has 0 aliphatic rings. The fourth-order valence-corrected chi connectivity index (χ4v) is 6.28. The van der Waals surface area contributed by atoms with Gasteiger partial charge in [0.1, 0.15) is 0 Å². The van der Waals surface area contributed by atoms with E-state index in [4.69, 9.17) is 5.73 Å². The lowest BCUT2D eigenvalue weighted by Crippen LogP contribution is -2.44. The van der Waals surface area contributed by atoms with Crippen molar-refractivity contribution < 1.29 is 9.59 Å². The first-order valence-corrected chi connectivity index (χ1v) is 15.7. The molecule has 3 atom stereocenters. The molecule has 0 bridgehead atoms. The second-order valence-corrected chi connectivity index (χ2v) is 12.8. The fourth-order valence-electron chi connectivity index (χ4n) is 4.91. The van der Waals surface area contributed by atoms with Crippen molar-refractivity contribution >= 4 is 23.6 Å². The Morgan fingerprint density at radius 2 is 1.66 bits per heavy atom. The molecule has 0 saturated heterocycles. The number of ketones is 1. The molecule has 38 heavy (non-hydrogen) atoms. The number of nitrogens with one attached hydrogen (secondary N) is 1. The number of unbranched alkanes of at least 4 members (excludes halogenated alkanes) is 1. The van der Waals surface area contributed by atoms with Gasteiger partial charge in [0.15, 0.2) is 5.78 Å². The first kappa shape index (κ1) is 36.2. The monoisotopic (exact) mass is 546 g/mol. The molecule has 4 nitrogen and oxygen atoms in total. The number of Topliss-reactive ketones (excluding diaryl/α,β-unsaturated/α-hetero) is 1. The quantitative estimate of drug-likeness (QED) is 0.149. The zero-order chi connectivity index (χ0) is 29.2. The van der Waals surface area contributed by atoms with Gasteiger partial charge >= 0.3 is 6.03 Å². The highest BCUT2D eigenvalue weighted by atomic mass is 32.2. The Morgan fingerprint density at radius 3 is 2.18 bits per heavy atom. The second-order valence-electron chi connectivity index (χ2n) is 11.7. The number of allylic oxidation sites excluding steroid dienone is 8. The molecule has 2 amide bonds. The zero-order valence-electron chi connectivity index (χ0n) is 26.0. The number of hydrogen-bond donors (Lipinski definition) is 2. The van der Waals surface area contributed by atoms with Crippen LogP contribution in [0.3, 0.4) is 0 Å². The van der Waals surface area contributed by atoms with Crippen LogP contribution in [0.2, 0.25) is 0 Å². The second kappa shape index (κ2) is 19.3. The highest BCUT2D eigenvalue weighted by Gasteiger charge is 2.26. The summed E-state index contributed by atoms with van der Waals surface area (Å²) >= 11 is 1.73. The summed E-state index contributed by atoms with van der Waals surface area (Å²) in [5, 5.41) is 2.58. The molecule has 0 aliphatic carbocycles. The predicted octanol–water partition coefficient (Wildman–Crippen LogP) is 9.32. The van der Waals surface area contributed by atoms with Crippen LogP contribution in [0.15, 0.2) is 47.1 Å². The molecule has 0 aliphatic heterocycles. The maximum atomic E-state index is 11.9. The molecule has 3 N–H and O–H groups in total. The minimum absolute atomic E-state index is 0.0487. The molecular weight excluding hydrogens is 488 g/mol. The van der Waals surface area contributed by atoms with E-state index in [1.165, 1.54) is 30.1 Å². The molecule has 0 spiro atoms. The van der Waals surface area contributed by atoms with Gasteiger partial charge in [-0.1, -0.05) is 80.7 Å². The number of urea groups is 1. The highest BCUT2D eigenvalue weighted by molar-refractivity contribution is 7.99. The van der Waals surface area contributed by atoms with Crippen LogP contribution in [0.25, 0.3) is 0 Å². The SMILES string of the molecule is CC=CCC(C=C(C)CCC=C(C)C)(CC)CCC(C)=CC(C)(CCCC)CSCC(NC(N)=O)C(C)=O. The summed E-state index contributed by atoms with van der Waals surface area (Å²) < 4.78 is 0. The van der Waals surface area contributed by atoms with Crippen LogP contribution in [0, 0.1) is 10.8 Å². The first-order valence-electron chi connectivity index (χ1n) is 14.6. The van der Waals surface area contributed by atoms with Crippen LogP contribution < -0.4 is 11.1 Å². The highest BCUT2D eigenvalue weighted by Crippen LogP contribution is 2.39. The number of carbonyl (C=O) groups excluding carboxylic acids is 2. The Kier molecular flexibility index (Phi) is 18.4. The molecule has 0 aromatic carbocycles. The smallest absolute Gasteiger partial charge is 0.312 e. The van der Waals surface area contributed by atoms with Gasteiger partial charge < -0.3 is 11.1 Å². The van der Waals surface area contributed by atoms with Gasteiger partial charge in [-0.25, -0.2) is 4.79 Å². The minimum Gasteiger partial charge on any atom is -0.352 e. The largest absolute Gasteiger partial charge is 0.352 e. The van der Waals surface area contributed by atoms with Crippen molar-refractivity contribution in [3.63, 3.8) is 0 Å². The third-order valence-corrected chi connectivity index (χ3v) is 8.78. The molecule has 0 radical (unpaired) electrons. The van der Waals surface area contributed by atoms with Crippen LogP contribution in [-0.2, 0) is 4.79 Å². The lowest BCUT2D eigenvalue weighted by Gasteiger charge is -2.31. The number of rotatable bonds is 20. The molecule has 0 saturated carbocycles. The Balaban J connectivity index is 5.61. The number of thioether (sulfide) groups is 1. The first-order chi connectivity index (χ1) is 17.8. The van der Waals surface area contributed by atoms with Crippen LogP contribution in [0.1, 0.15) is 120 Å². The maximum absolute atomic E-state index is 11.9. The van der Waals surface area contributed by atoms with Crippen molar-refractivity contribution in [3.8, 4) is 0 Å². The summed E-state index contributed by atoms with van der Waals surface area (Å²) in [4.78, 5) is 23.2. The Hall–Kier alpha value is -1.75. The maximum Gasteiger partial charge on any atom is 0.312 e. The van der Waals surface area contributed by atoms with Gasteiger partial charge in [-0.15, -0.1) is 0 Å². The van der Waals surface area contributed by atoms with Gasteiger partial charge in [0.2, 0.25) is 0 Å². The van der Waals surface area contributed by atoms with Crippen molar-refractivity contribution in [3.05, 3.63) is 47.1 Å². The Morgan fingerprint density at radius 1 is 1.00 bits per heavy atom. The van der Waals surface area contributed by atoms with Crippen molar-refractivity contribution in [1.82, 2.24) is 5.32 Å². The third-order valence-electron chi connectivity index (χ3n) is 7.35. The lowest BCUT2D eigenvalue weighted by molar-refractivity contribution is -0.118. The zero-order valence-corrected chi connectivity index (χ0v) is 26.9. The average Bonchev–Trinajstić information content (AvgIpc) is 2.83. The van der Waals surface area contributed by atoms with E-state index in [9.17, 15) is 9.59 Å². The van der Waals surface area contributed by atoms with Gasteiger partial charge in [0.25, 0.3) is 0 Å². The normalized spacial score (nSPS) is 16.6. The van der Waals surface area contributed by atoms with E-state index in [1.54, 1.807) is 11.8 Å². The molecule has 0 aromatic heterocycles. The molecule has 0 aromatic rings. The van der Waals surface area contributed by atoms with E-state index in [0.717, 1.165) is 57.1 Å². The van der Waals surface area contributed by atoms with E-state index >= 15 is 0 Å². The van der Waals surface area contributed by atoms with Gasteiger partial charge in [-0.05, 0) is 97.3 Å². The molecule has 0 rings (SSSR count). The number of primary amides is 1. The minimum atomic E-state index is -0.645. The van der Waals surface area contributed by atoms with E-state index in [1.807, 2.05) is 0 Å².